The number of halogens is 1. The van der Waals surface area contributed by atoms with Crippen molar-refractivity contribution in [3.8, 4) is 0 Å². The van der Waals surface area contributed by atoms with Gasteiger partial charge in [0.15, 0.2) is 0 Å². The minimum absolute atomic E-state index is 0.105. The van der Waals surface area contributed by atoms with Gasteiger partial charge in [0, 0.05) is 17.7 Å². The Balaban J connectivity index is 2.59. The van der Waals surface area contributed by atoms with E-state index >= 15 is 0 Å². The van der Waals surface area contributed by atoms with Crippen molar-refractivity contribution in [1.29, 1.82) is 0 Å². The molecule has 0 heterocycles. The van der Waals surface area contributed by atoms with E-state index in [4.69, 9.17) is 0 Å². The Labute approximate surface area is 117 Å². The van der Waals surface area contributed by atoms with Gasteiger partial charge in [0.1, 0.15) is 0 Å². The number of nitrogens with one attached hydrogen (secondary N) is 2. The van der Waals surface area contributed by atoms with E-state index in [1.165, 1.54) is 24.3 Å². The number of rotatable bonds is 4. The zero-order chi connectivity index (χ0) is 14.4. The smallest absolute Gasteiger partial charge is 0.269 e. The van der Waals surface area contributed by atoms with E-state index in [2.05, 4.69) is 26.8 Å². The monoisotopic (exact) mass is 329 g/mol. The first kappa shape index (κ1) is 15.1. The summed E-state index contributed by atoms with van der Waals surface area (Å²) in [6, 6.07) is 5.06. The Bertz CT molecular complexity index is 489. The Hall–Kier alpha value is -1.96. The van der Waals surface area contributed by atoms with Crippen LogP contribution in [0.25, 0.3) is 0 Å². The van der Waals surface area contributed by atoms with Crippen LogP contribution in [-0.4, -0.2) is 21.6 Å². The maximum absolute atomic E-state index is 11.6. The first-order chi connectivity index (χ1) is 8.95. The highest BCUT2D eigenvalue weighted by Crippen LogP contribution is 2.11. The van der Waals surface area contributed by atoms with Gasteiger partial charge in [0.05, 0.1) is 9.75 Å². The third-order valence-corrected chi connectivity index (χ3v) is 3.35. The van der Waals surface area contributed by atoms with Gasteiger partial charge in [-0.25, -0.2) is 0 Å². The molecule has 0 saturated heterocycles. The summed E-state index contributed by atoms with van der Waals surface area (Å²) in [4.78, 5) is 32.5. The quantitative estimate of drug-likeness (QED) is 0.496. The van der Waals surface area contributed by atoms with Gasteiger partial charge in [-0.2, -0.15) is 0 Å². The lowest BCUT2D eigenvalue weighted by Gasteiger charge is -2.09. The highest BCUT2D eigenvalue weighted by molar-refractivity contribution is 9.10. The summed E-state index contributed by atoms with van der Waals surface area (Å²) in [7, 11) is 0. The van der Waals surface area contributed by atoms with Crippen molar-refractivity contribution < 1.29 is 14.5 Å². The number of nitro benzene ring substituents is 1. The van der Waals surface area contributed by atoms with Crippen LogP contribution in [0.4, 0.5) is 5.69 Å². The van der Waals surface area contributed by atoms with Crippen LogP contribution in [0.5, 0.6) is 0 Å². The Morgan fingerprint density at radius 3 is 2.37 bits per heavy atom. The molecule has 0 fully saturated rings. The molecule has 102 valence electrons. The zero-order valence-electron chi connectivity index (χ0n) is 10.1. The molecule has 0 aliphatic rings. The van der Waals surface area contributed by atoms with Crippen LogP contribution in [0.2, 0.25) is 0 Å². The highest BCUT2D eigenvalue weighted by atomic mass is 79.9. The number of hydrazine groups is 1. The number of alkyl halides is 1. The number of nitro groups is 1. The van der Waals surface area contributed by atoms with Crippen molar-refractivity contribution in [2.75, 3.05) is 0 Å². The summed E-state index contributed by atoms with van der Waals surface area (Å²) >= 11 is 3.14. The number of amides is 2. The molecule has 0 spiro atoms. The van der Waals surface area contributed by atoms with Gasteiger partial charge in [0.2, 0.25) is 0 Å². The molecule has 8 heteroatoms. The number of carbonyl (C=O) groups excluding carboxylic acids is 2. The van der Waals surface area contributed by atoms with E-state index < -0.39 is 10.8 Å². The van der Waals surface area contributed by atoms with Gasteiger partial charge < -0.3 is 0 Å². The number of non-ortho nitro benzene ring substituents is 1. The van der Waals surface area contributed by atoms with E-state index in [0.717, 1.165) is 0 Å². The maximum atomic E-state index is 11.6. The summed E-state index contributed by atoms with van der Waals surface area (Å²) in [5.74, 6) is -0.906. The summed E-state index contributed by atoms with van der Waals surface area (Å²) in [5, 5.41) is 10.4. The number of nitrogens with zero attached hydrogens (tertiary/aromatic N) is 1. The van der Waals surface area contributed by atoms with Gasteiger partial charge in [-0.1, -0.05) is 22.9 Å². The number of hydrogen-bond acceptors (Lipinski definition) is 4. The Morgan fingerprint density at radius 2 is 1.89 bits per heavy atom. The van der Waals surface area contributed by atoms with Crippen LogP contribution in [0.1, 0.15) is 23.7 Å². The molecule has 19 heavy (non-hydrogen) atoms. The van der Waals surface area contributed by atoms with Crippen molar-refractivity contribution in [2.45, 2.75) is 18.2 Å². The SMILES string of the molecule is CC[C@@H](Br)C(=O)NNC(=O)c1ccc([N+](=O)[O-])cc1. The molecule has 0 aliphatic heterocycles. The van der Waals surface area contributed by atoms with Crippen molar-refractivity contribution >= 4 is 33.4 Å². The Kier molecular flexibility index (Phi) is 5.43. The molecular formula is C11H12BrN3O4. The summed E-state index contributed by atoms with van der Waals surface area (Å²) in [6.07, 6.45) is 0.583. The van der Waals surface area contributed by atoms with Gasteiger partial charge in [-0.15, -0.1) is 0 Å². The van der Waals surface area contributed by atoms with E-state index in [-0.39, 0.29) is 22.0 Å². The minimum atomic E-state index is -0.555. The molecule has 0 aromatic heterocycles. The van der Waals surface area contributed by atoms with Crippen LogP contribution in [-0.2, 0) is 4.79 Å². The number of hydrogen-bond donors (Lipinski definition) is 2. The van der Waals surface area contributed by atoms with E-state index in [9.17, 15) is 19.7 Å². The second-order valence-electron chi connectivity index (χ2n) is 3.62. The normalized spacial score (nSPS) is 11.5. The molecule has 1 rings (SSSR count). The van der Waals surface area contributed by atoms with Crippen LogP contribution in [0.3, 0.4) is 0 Å². The van der Waals surface area contributed by atoms with Crippen LogP contribution >= 0.6 is 15.9 Å². The molecule has 7 nitrogen and oxygen atoms in total. The lowest BCUT2D eigenvalue weighted by Crippen LogP contribution is -2.44. The summed E-state index contributed by atoms with van der Waals surface area (Å²) in [5.41, 5.74) is 4.59. The van der Waals surface area contributed by atoms with Crippen molar-refractivity contribution in [2.24, 2.45) is 0 Å². The van der Waals surface area contributed by atoms with Crippen molar-refractivity contribution in [3.63, 3.8) is 0 Å². The number of carbonyl (C=O) groups is 2. The fourth-order valence-corrected chi connectivity index (χ4v) is 1.30. The highest BCUT2D eigenvalue weighted by Gasteiger charge is 2.14. The second-order valence-corrected chi connectivity index (χ2v) is 4.73. The average molecular weight is 330 g/mol. The predicted octanol–water partition coefficient (Wildman–Crippen LogP) is 1.53. The number of benzene rings is 1. The molecule has 0 aliphatic carbocycles. The zero-order valence-corrected chi connectivity index (χ0v) is 11.6. The molecule has 2 N–H and O–H groups in total. The fourth-order valence-electron chi connectivity index (χ4n) is 1.19. The minimum Gasteiger partial charge on any atom is -0.272 e. The van der Waals surface area contributed by atoms with Gasteiger partial charge in [0.25, 0.3) is 17.5 Å². The first-order valence-electron chi connectivity index (χ1n) is 5.44. The Morgan fingerprint density at radius 1 is 1.32 bits per heavy atom. The molecular weight excluding hydrogens is 318 g/mol. The molecule has 2 amide bonds. The fraction of sp³-hybridized carbons (Fsp3) is 0.273. The lowest BCUT2D eigenvalue weighted by molar-refractivity contribution is -0.384. The third-order valence-electron chi connectivity index (χ3n) is 2.28. The van der Waals surface area contributed by atoms with E-state index in [0.29, 0.717) is 6.42 Å². The second kappa shape index (κ2) is 6.83. The van der Waals surface area contributed by atoms with Crippen LogP contribution in [0, 0.1) is 10.1 Å². The third kappa shape index (κ3) is 4.32. The first-order valence-corrected chi connectivity index (χ1v) is 6.36. The lowest BCUT2D eigenvalue weighted by atomic mass is 10.2. The maximum Gasteiger partial charge on any atom is 0.269 e. The summed E-state index contributed by atoms with van der Waals surface area (Å²) < 4.78 is 0. The van der Waals surface area contributed by atoms with E-state index in [1.807, 2.05) is 6.92 Å². The average Bonchev–Trinajstić information content (AvgIpc) is 2.43. The summed E-state index contributed by atoms with van der Waals surface area (Å²) in [6.45, 7) is 1.82. The molecule has 1 aromatic carbocycles. The van der Waals surface area contributed by atoms with E-state index in [1.54, 1.807) is 0 Å². The largest absolute Gasteiger partial charge is 0.272 e. The predicted molar refractivity (Wildman–Crippen MR) is 71.7 cm³/mol. The molecule has 0 radical (unpaired) electrons. The molecule has 0 saturated carbocycles. The standard InChI is InChI=1S/C11H12BrN3O4/c1-2-9(12)11(17)14-13-10(16)7-3-5-8(6-4-7)15(18)19/h3-6,9H,2H2,1H3,(H,13,16)(H,14,17)/t9-/m1/s1. The van der Waals surface area contributed by atoms with Crippen LogP contribution in [0.15, 0.2) is 24.3 Å². The van der Waals surface area contributed by atoms with Gasteiger partial charge in [-0.3, -0.25) is 30.6 Å². The van der Waals surface area contributed by atoms with Gasteiger partial charge in [-0.05, 0) is 18.6 Å². The van der Waals surface area contributed by atoms with Crippen LogP contribution < -0.4 is 10.9 Å². The van der Waals surface area contributed by atoms with Crippen molar-refractivity contribution in [1.82, 2.24) is 10.9 Å². The molecule has 0 bridgehead atoms. The van der Waals surface area contributed by atoms with Crippen molar-refractivity contribution in [3.05, 3.63) is 39.9 Å². The topological polar surface area (TPSA) is 101 Å². The molecule has 1 aromatic rings. The van der Waals surface area contributed by atoms with Gasteiger partial charge >= 0.3 is 0 Å². The molecule has 0 unspecified atom stereocenters. The molecule has 1 atom stereocenters.